The van der Waals surface area contributed by atoms with Gasteiger partial charge in [0, 0.05) is 42.7 Å². The highest BCUT2D eigenvalue weighted by molar-refractivity contribution is 9.10. The molecule has 3 rings (SSSR count). The Morgan fingerprint density at radius 1 is 1.05 bits per heavy atom. The molecule has 0 fully saturated rings. The number of rotatable bonds is 2. The number of hydrogen-bond donors (Lipinski definition) is 1. The maximum Gasteiger partial charge on any atom is 0.195 e. The number of aromatic amines is 1. The topological polar surface area (TPSA) is 32.9 Å². The van der Waals surface area contributed by atoms with Crippen LogP contribution in [-0.4, -0.2) is 10.8 Å². The SMILES string of the molecule is O=C(c1cc(Cl)cc(Cl)c1)c1c[nH]c2ccc(Br)cc12. The number of aromatic nitrogens is 1. The molecule has 1 heterocycles. The zero-order valence-corrected chi connectivity index (χ0v) is 13.2. The summed E-state index contributed by atoms with van der Waals surface area (Å²) < 4.78 is 0.919. The van der Waals surface area contributed by atoms with Gasteiger partial charge in [0.15, 0.2) is 5.78 Å². The first kappa shape index (κ1) is 13.7. The van der Waals surface area contributed by atoms with Crippen molar-refractivity contribution in [1.82, 2.24) is 4.98 Å². The first-order valence-corrected chi connectivity index (χ1v) is 7.37. The average molecular weight is 369 g/mol. The maximum atomic E-state index is 12.6. The van der Waals surface area contributed by atoms with E-state index in [-0.39, 0.29) is 5.78 Å². The highest BCUT2D eigenvalue weighted by Crippen LogP contribution is 2.26. The summed E-state index contributed by atoms with van der Waals surface area (Å²) in [6.45, 7) is 0. The van der Waals surface area contributed by atoms with Crippen molar-refractivity contribution in [3.05, 3.63) is 68.2 Å². The number of halogens is 3. The van der Waals surface area contributed by atoms with Gasteiger partial charge in [0.05, 0.1) is 0 Å². The molecule has 0 aliphatic rings. The second-order valence-corrected chi connectivity index (χ2v) is 6.17. The molecule has 1 N–H and O–H groups in total. The molecule has 0 amide bonds. The summed E-state index contributed by atoms with van der Waals surface area (Å²) in [5.74, 6) is -0.112. The minimum Gasteiger partial charge on any atom is -0.360 e. The summed E-state index contributed by atoms with van der Waals surface area (Å²) in [5.41, 5.74) is 1.98. The van der Waals surface area contributed by atoms with E-state index in [9.17, 15) is 4.79 Å². The Labute approximate surface area is 133 Å². The van der Waals surface area contributed by atoms with Gasteiger partial charge < -0.3 is 4.98 Å². The van der Waals surface area contributed by atoms with E-state index in [1.165, 1.54) is 0 Å². The van der Waals surface area contributed by atoms with Crippen LogP contribution in [0.3, 0.4) is 0 Å². The Kier molecular flexibility index (Phi) is 3.59. The van der Waals surface area contributed by atoms with Crippen LogP contribution in [0, 0.1) is 0 Å². The van der Waals surface area contributed by atoms with E-state index in [1.54, 1.807) is 24.4 Å². The monoisotopic (exact) mass is 367 g/mol. The fraction of sp³-hybridized carbons (Fsp3) is 0. The van der Waals surface area contributed by atoms with Crippen LogP contribution in [0.15, 0.2) is 47.1 Å². The molecule has 2 aromatic carbocycles. The summed E-state index contributed by atoms with van der Waals surface area (Å²) in [7, 11) is 0. The lowest BCUT2D eigenvalue weighted by atomic mass is 10.0. The molecule has 0 atom stereocenters. The lowest BCUT2D eigenvalue weighted by molar-refractivity contribution is 0.104. The van der Waals surface area contributed by atoms with Crippen molar-refractivity contribution >= 4 is 55.8 Å². The number of fused-ring (bicyclic) bond motifs is 1. The van der Waals surface area contributed by atoms with Gasteiger partial charge in [-0.05, 0) is 36.4 Å². The second-order valence-electron chi connectivity index (χ2n) is 4.38. The zero-order valence-electron chi connectivity index (χ0n) is 10.1. The third kappa shape index (κ3) is 2.49. The van der Waals surface area contributed by atoms with Crippen LogP contribution in [0.4, 0.5) is 0 Å². The molecule has 20 heavy (non-hydrogen) atoms. The molecule has 0 saturated heterocycles. The third-order valence-electron chi connectivity index (χ3n) is 3.01. The van der Waals surface area contributed by atoms with Crippen LogP contribution in [-0.2, 0) is 0 Å². The number of ketones is 1. The number of benzene rings is 2. The summed E-state index contributed by atoms with van der Waals surface area (Å²) in [6.07, 6.45) is 1.70. The maximum absolute atomic E-state index is 12.6. The molecule has 0 bridgehead atoms. The fourth-order valence-electron chi connectivity index (χ4n) is 2.12. The van der Waals surface area contributed by atoms with Gasteiger partial charge in [-0.1, -0.05) is 39.1 Å². The molecular formula is C15H8BrCl2NO. The van der Waals surface area contributed by atoms with E-state index in [4.69, 9.17) is 23.2 Å². The molecule has 0 unspecified atom stereocenters. The van der Waals surface area contributed by atoms with Gasteiger partial charge in [-0.2, -0.15) is 0 Å². The molecule has 0 aliphatic heterocycles. The van der Waals surface area contributed by atoms with Crippen LogP contribution >= 0.6 is 39.1 Å². The fourth-order valence-corrected chi connectivity index (χ4v) is 3.01. The smallest absolute Gasteiger partial charge is 0.195 e. The first-order valence-electron chi connectivity index (χ1n) is 5.82. The minimum atomic E-state index is -0.112. The van der Waals surface area contributed by atoms with Gasteiger partial charge in [0.2, 0.25) is 0 Å². The predicted molar refractivity (Wildman–Crippen MR) is 85.9 cm³/mol. The third-order valence-corrected chi connectivity index (χ3v) is 3.94. The van der Waals surface area contributed by atoms with E-state index in [0.717, 1.165) is 15.4 Å². The standard InChI is InChI=1S/C15H8BrCl2NO/c16-9-1-2-14-12(5-9)13(7-19-14)15(20)8-3-10(17)6-11(18)4-8/h1-7,19H. The highest BCUT2D eigenvalue weighted by atomic mass is 79.9. The van der Waals surface area contributed by atoms with E-state index in [0.29, 0.717) is 21.2 Å². The predicted octanol–water partition coefficient (Wildman–Crippen LogP) is 5.47. The van der Waals surface area contributed by atoms with Gasteiger partial charge in [-0.3, -0.25) is 4.79 Å². The van der Waals surface area contributed by atoms with Gasteiger partial charge in [-0.15, -0.1) is 0 Å². The molecule has 0 saturated carbocycles. The largest absolute Gasteiger partial charge is 0.360 e. The van der Waals surface area contributed by atoms with E-state index in [1.807, 2.05) is 18.2 Å². The molecule has 1 aromatic heterocycles. The minimum absolute atomic E-state index is 0.112. The highest BCUT2D eigenvalue weighted by Gasteiger charge is 2.15. The van der Waals surface area contributed by atoms with E-state index in [2.05, 4.69) is 20.9 Å². The number of carbonyl (C=O) groups excluding carboxylic acids is 1. The Morgan fingerprint density at radius 2 is 1.75 bits per heavy atom. The Bertz CT molecular complexity index is 806. The number of hydrogen-bond acceptors (Lipinski definition) is 1. The lowest BCUT2D eigenvalue weighted by Crippen LogP contribution is -2.00. The van der Waals surface area contributed by atoms with Crippen molar-refractivity contribution in [3.63, 3.8) is 0 Å². The van der Waals surface area contributed by atoms with Crippen LogP contribution in [0.5, 0.6) is 0 Å². The summed E-state index contributed by atoms with van der Waals surface area (Å²) in [5, 5.41) is 1.75. The van der Waals surface area contributed by atoms with E-state index < -0.39 is 0 Å². The van der Waals surface area contributed by atoms with Gasteiger partial charge in [0.25, 0.3) is 0 Å². The second kappa shape index (κ2) is 5.24. The normalized spacial score (nSPS) is 10.9. The molecular weight excluding hydrogens is 361 g/mol. The van der Waals surface area contributed by atoms with Gasteiger partial charge in [-0.25, -0.2) is 0 Å². The van der Waals surface area contributed by atoms with Crippen LogP contribution in [0.2, 0.25) is 10.0 Å². The summed E-state index contributed by atoms with van der Waals surface area (Å²) >= 11 is 15.3. The molecule has 0 aliphatic carbocycles. The molecule has 100 valence electrons. The van der Waals surface area contributed by atoms with Crippen LogP contribution < -0.4 is 0 Å². The Hall–Kier alpha value is -1.29. The van der Waals surface area contributed by atoms with Crippen molar-refractivity contribution in [2.45, 2.75) is 0 Å². The Morgan fingerprint density at radius 3 is 2.45 bits per heavy atom. The van der Waals surface area contributed by atoms with Crippen molar-refractivity contribution in [2.75, 3.05) is 0 Å². The van der Waals surface area contributed by atoms with E-state index >= 15 is 0 Å². The average Bonchev–Trinajstić information content (AvgIpc) is 2.79. The zero-order chi connectivity index (χ0) is 14.3. The van der Waals surface area contributed by atoms with Crippen molar-refractivity contribution in [2.24, 2.45) is 0 Å². The van der Waals surface area contributed by atoms with Gasteiger partial charge in [0.1, 0.15) is 0 Å². The Balaban J connectivity index is 2.15. The summed E-state index contributed by atoms with van der Waals surface area (Å²) in [6, 6.07) is 10.6. The lowest BCUT2D eigenvalue weighted by Gasteiger charge is -2.02. The summed E-state index contributed by atoms with van der Waals surface area (Å²) in [4.78, 5) is 15.7. The van der Waals surface area contributed by atoms with Crippen molar-refractivity contribution in [3.8, 4) is 0 Å². The molecule has 3 aromatic rings. The first-order chi connectivity index (χ1) is 9.54. The molecule has 5 heteroatoms. The van der Waals surface area contributed by atoms with Crippen molar-refractivity contribution < 1.29 is 4.79 Å². The number of carbonyl (C=O) groups is 1. The van der Waals surface area contributed by atoms with Gasteiger partial charge >= 0.3 is 0 Å². The molecule has 0 spiro atoms. The molecule has 2 nitrogen and oxygen atoms in total. The molecule has 0 radical (unpaired) electrons. The number of nitrogens with one attached hydrogen (secondary N) is 1. The quantitative estimate of drug-likeness (QED) is 0.598. The number of H-pyrrole nitrogens is 1. The van der Waals surface area contributed by atoms with Crippen LogP contribution in [0.1, 0.15) is 15.9 Å². The van der Waals surface area contributed by atoms with Crippen LogP contribution in [0.25, 0.3) is 10.9 Å². The van der Waals surface area contributed by atoms with Crippen molar-refractivity contribution in [1.29, 1.82) is 0 Å².